The Balaban J connectivity index is 2.01. The van der Waals surface area contributed by atoms with E-state index in [0.717, 1.165) is 25.8 Å². The van der Waals surface area contributed by atoms with Gasteiger partial charge < -0.3 is 14.8 Å². The summed E-state index contributed by atoms with van der Waals surface area (Å²) >= 11 is 0. The van der Waals surface area contributed by atoms with E-state index in [1.165, 1.54) is 12.1 Å². The van der Waals surface area contributed by atoms with Crippen LogP contribution in [0, 0.1) is 16.0 Å². The van der Waals surface area contributed by atoms with Gasteiger partial charge >= 0.3 is 0 Å². The maximum absolute atomic E-state index is 11.0. The van der Waals surface area contributed by atoms with Gasteiger partial charge in [-0.2, -0.15) is 0 Å². The first-order valence-corrected chi connectivity index (χ1v) is 7.36. The van der Waals surface area contributed by atoms with Crippen LogP contribution in [0.3, 0.4) is 0 Å². The van der Waals surface area contributed by atoms with Crippen LogP contribution in [0.2, 0.25) is 0 Å². The van der Waals surface area contributed by atoms with Gasteiger partial charge in [0, 0.05) is 6.07 Å². The summed E-state index contributed by atoms with van der Waals surface area (Å²) in [6.45, 7) is 3.51. The van der Waals surface area contributed by atoms with Crippen molar-refractivity contribution in [2.24, 2.45) is 5.92 Å². The molecule has 0 radical (unpaired) electrons. The van der Waals surface area contributed by atoms with Crippen LogP contribution in [0.25, 0.3) is 0 Å². The highest BCUT2D eigenvalue weighted by atomic mass is 16.6. The molecule has 0 amide bonds. The summed E-state index contributed by atoms with van der Waals surface area (Å²) in [6.07, 6.45) is 2.96. The lowest BCUT2D eigenvalue weighted by Crippen LogP contribution is -2.38. The second-order valence-corrected chi connectivity index (χ2v) is 5.40. The molecule has 116 valence electrons. The fraction of sp³-hybridized carbons (Fsp3) is 0.600. The molecule has 0 aromatic heterocycles. The molecule has 0 unspecified atom stereocenters. The quantitative estimate of drug-likeness (QED) is 0.589. The van der Waals surface area contributed by atoms with Crippen LogP contribution in [-0.2, 0) is 0 Å². The second-order valence-electron chi connectivity index (χ2n) is 5.40. The number of benzene rings is 1. The minimum absolute atomic E-state index is 0.00435. The number of nitrogens with zero attached hydrogens (tertiary/aromatic N) is 1. The lowest BCUT2D eigenvalue weighted by molar-refractivity contribution is -0.385. The molecular formula is C15H22N2O4. The molecule has 6 nitrogen and oxygen atoms in total. The van der Waals surface area contributed by atoms with Crippen LogP contribution in [0.1, 0.15) is 26.2 Å². The zero-order valence-corrected chi connectivity index (χ0v) is 12.5. The lowest BCUT2D eigenvalue weighted by atomic mass is 9.82. The minimum atomic E-state index is -0.420. The van der Waals surface area contributed by atoms with Crippen molar-refractivity contribution in [1.29, 1.82) is 0 Å². The third-order valence-electron chi connectivity index (χ3n) is 3.54. The summed E-state index contributed by atoms with van der Waals surface area (Å²) in [7, 11) is 1.94. The Morgan fingerprint density at radius 1 is 1.33 bits per heavy atom. The summed E-state index contributed by atoms with van der Waals surface area (Å²) < 4.78 is 11.3. The summed E-state index contributed by atoms with van der Waals surface area (Å²) in [6, 6.07) is 4.63. The van der Waals surface area contributed by atoms with Crippen LogP contribution >= 0.6 is 0 Å². The van der Waals surface area contributed by atoms with Gasteiger partial charge in [-0.05, 0) is 38.8 Å². The zero-order chi connectivity index (χ0) is 15.2. The Bertz CT molecular complexity index is 487. The number of hydrogen-bond acceptors (Lipinski definition) is 5. The fourth-order valence-electron chi connectivity index (χ4n) is 2.45. The van der Waals surface area contributed by atoms with Gasteiger partial charge in [-0.15, -0.1) is 0 Å². The number of hydrogen-bond donors (Lipinski definition) is 1. The van der Waals surface area contributed by atoms with Gasteiger partial charge in [0.1, 0.15) is 11.5 Å². The van der Waals surface area contributed by atoms with Crippen LogP contribution < -0.4 is 14.8 Å². The Kier molecular flexibility index (Phi) is 5.38. The molecule has 2 rings (SSSR count). The van der Waals surface area contributed by atoms with Crippen LogP contribution in [0.15, 0.2) is 18.2 Å². The number of nitrogens with one attached hydrogen (secondary N) is 1. The lowest BCUT2D eigenvalue weighted by Gasteiger charge is -2.35. The number of non-ortho nitro benzene ring substituents is 1. The normalized spacial score (nSPS) is 20.7. The van der Waals surface area contributed by atoms with E-state index in [9.17, 15) is 10.1 Å². The summed E-state index contributed by atoms with van der Waals surface area (Å²) in [5, 5.41) is 14.1. The van der Waals surface area contributed by atoms with E-state index in [-0.39, 0.29) is 11.8 Å². The van der Waals surface area contributed by atoms with E-state index in [2.05, 4.69) is 5.32 Å². The molecule has 0 spiro atoms. The molecule has 1 aromatic rings. The third-order valence-corrected chi connectivity index (χ3v) is 3.54. The Morgan fingerprint density at radius 2 is 2.05 bits per heavy atom. The van der Waals surface area contributed by atoms with Crippen molar-refractivity contribution in [3.05, 3.63) is 28.3 Å². The predicted molar refractivity (Wildman–Crippen MR) is 79.9 cm³/mol. The van der Waals surface area contributed by atoms with Gasteiger partial charge in [0.05, 0.1) is 29.8 Å². The van der Waals surface area contributed by atoms with E-state index >= 15 is 0 Å². The Morgan fingerprint density at radius 3 is 2.67 bits per heavy atom. The van der Waals surface area contributed by atoms with Crippen LogP contribution in [-0.4, -0.2) is 31.2 Å². The maximum atomic E-state index is 11.0. The molecule has 1 saturated carbocycles. The van der Waals surface area contributed by atoms with E-state index in [4.69, 9.17) is 9.47 Å². The molecule has 0 bridgehead atoms. The molecule has 1 N–H and O–H groups in total. The topological polar surface area (TPSA) is 73.6 Å². The predicted octanol–water partition coefficient (Wildman–Crippen LogP) is 2.76. The molecule has 6 heteroatoms. The van der Waals surface area contributed by atoms with Gasteiger partial charge in [0.2, 0.25) is 0 Å². The van der Waals surface area contributed by atoms with Crippen molar-refractivity contribution < 1.29 is 14.4 Å². The summed E-state index contributed by atoms with van der Waals surface area (Å²) in [5.74, 6) is 1.64. The number of ether oxygens (including phenoxy) is 2. The molecule has 0 atom stereocenters. The fourth-order valence-corrected chi connectivity index (χ4v) is 2.45. The molecule has 1 aliphatic rings. The highest BCUT2D eigenvalue weighted by Crippen LogP contribution is 2.34. The SMILES string of the molecule is CCCOc1cc(OC2CC(CNC)C2)cc([N+](=O)[O-])c1. The zero-order valence-electron chi connectivity index (χ0n) is 12.5. The Labute approximate surface area is 124 Å². The van der Waals surface area contributed by atoms with Crippen molar-refractivity contribution in [1.82, 2.24) is 5.32 Å². The van der Waals surface area contributed by atoms with Gasteiger partial charge in [0.15, 0.2) is 0 Å². The monoisotopic (exact) mass is 294 g/mol. The largest absolute Gasteiger partial charge is 0.493 e. The van der Waals surface area contributed by atoms with Crippen molar-refractivity contribution in [3.63, 3.8) is 0 Å². The van der Waals surface area contributed by atoms with E-state index in [1.807, 2.05) is 14.0 Å². The molecule has 0 heterocycles. The van der Waals surface area contributed by atoms with Crippen molar-refractivity contribution in [3.8, 4) is 11.5 Å². The van der Waals surface area contributed by atoms with Crippen molar-refractivity contribution in [2.75, 3.05) is 20.2 Å². The maximum Gasteiger partial charge on any atom is 0.276 e. The van der Waals surface area contributed by atoms with Crippen LogP contribution in [0.4, 0.5) is 5.69 Å². The first kappa shape index (κ1) is 15.6. The minimum Gasteiger partial charge on any atom is -0.493 e. The molecule has 21 heavy (non-hydrogen) atoms. The van der Waals surface area contributed by atoms with E-state index in [0.29, 0.717) is 24.0 Å². The third kappa shape index (κ3) is 4.32. The van der Waals surface area contributed by atoms with Gasteiger partial charge in [0.25, 0.3) is 5.69 Å². The van der Waals surface area contributed by atoms with Crippen molar-refractivity contribution >= 4 is 5.69 Å². The van der Waals surface area contributed by atoms with E-state index in [1.54, 1.807) is 6.07 Å². The van der Waals surface area contributed by atoms with Gasteiger partial charge in [-0.3, -0.25) is 10.1 Å². The van der Waals surface area contributed by atoms with Gasteiger partial charge in [-0.1, -0.05) is 6.92 Å². The average Bonchev–Trinajstić information content (AvgIpc) is 2.42. The first-order chi connectivity index (χ1) is 10.1. The smallest absolute Gasteiger partial charge is 0.276 e. The molecule has 1 aliphatic carbocycles. The standard InChI is InChI=1S/C15H22N2O4/c1-3-4-20-13-7-12(17(18)19)8-15(9-13)21-14-5-11(6-14)10-16-2/h7-9,11,14,16H,3-6,10H2,1-2H3. The van der Waals surface area contributed by atoms with Crippen LogP contribution in [0.5, 0.6) is 11.5 Å². The second kappa shape index (κ2) is 7.26. The number of nitro benzene ring substituents is 1. The first-order valence-electron chi connectivity index (χ1n) is 7.36. The van der Waals surface area contributed by atoms with Gasteiger partial charge in [-0.25, -0.2) is 0 Å². The van der Waals surface area contributed by atoms with E-state index < -0.39 is 4.92 Å². The number of rotatable bonds is 8. The highest BCUT2D eigenvalue weighted by molar-refractivity contribution is 5.46. The average molecular weight is 294 g/mol. The molecule has 0 saturated heterocycles. The molecule has 1 aromatic carbocycles. The Hall–Kier alpha value is -1.82. The molecule has 0 aliphatic heterocycles. The highest BCUT2D eigenvalue weighted by Gasteiger charge is 2.30. The molecule has 1 fully saturated rings. The summed E-state index contributed by atoms with van der Waals surface area (Å²) in [5.41, 5.74) is 0.00435. The summed E-state index contributed by atoms with van der Waals surface area (Å²) in [4.78, 5) is 10.6. The number of nitro groups is 1. The molecular weight excluding hydrogens is 272 g/mol. The van der Waals surface area contributed by atoms with Crippen molar-refractivity contribution in [2.45, 2.75) is 32.3 Å².